The van der Waals surface area contributed by atoms with Crippen LogP contribution in [0.5, 0.6) is 0 Å². The number of amides is 2. The van der Waals surface area contributed by atoms with Gasteiger partial charge in [-0.3, -0.25) is 9.59 Å². The van der Waals surface area contributed by atoms with Crippen LogP contribution < -0.4 is 11.1 Å². The Labute approximate surface area is 232 Å². The number of pyridine rings is 1. The van der Waals surface area contributed by atoms with Crippen molar-refractivity contribution in [1.29, 1.82) is 0 Å². The third kappa shape index (κ3) is 6.56. The van der Waals surface area contributed by atoms with Crippen LogP contribution in [0.1, 0.15) is 70.8 Å². The molecule has 39 heavy (non-hydrogen) atoms. The van der Waals surface area contributed by atoms with Crippen molar-refractivity contribution in [1.82, 2.24) is 9.88 Å². The van der Waals surface area contributed by atoms with Gasteiger partial charge in [0.2, 0.25) is 11.8 Å². The summed E-state index contributed by atoms with van der Waals surface area (Å²) in [4.78, 5) is 32.1. The van der Waals surface area contributed by atoms with Gasteiger partial charge in [-0.25, -0.2) is 4.98 Å². The van der Waals surface area contributed by atoms with Gasteiger partial charge in [-0.15, -0.1) is 0 Å². The van der Waals surface area contributed by atoms with Crippen LogP contribution in [0, 0.1) is 5.92 Å². The Balaban J connectivity index is 1.27. The van der Waals surface area contributed by atoms with E-state index in [0.717, 1.165) is 72.9 Å². The highest BCUT2D eigenvalue weighted by Crippen LogP contribution is 2.35. The van der Waals surface area contributed by atoms with Crippen LogP contribution in [-0.2, 0) is 15.1 Å². The number of piperidine rings is 1. The minimum Gasteiger partial charge on any atom is -0.340 e. The first-order valence-corrected chi connectivity index (χ1v) is 14.3. The molecule has 1 aromatic heterocycles. The predicted octanol–water partition coefficient (Wildman–Crippen LogP) is 6.51. The number of likely N-dealkylation sites (tertiary alicyclic amines) is 1. The molecule has 6 nitrogen and oxygen atoms in total. The van der Waals surface area contributed by atoms with E-state index in [1.54, 1.807) is 0 Å². The first kappa shape index (κ1) is 27.1. The average molecular weight is 525 g/mol. The number of nitrogens with two attached hydrogens (primary N) is 1. The third-order valence-electron chi connectivity index (χ3n) is 8.29. The van der Waals surface area contributed by atoms with Crippen molar-refractivity contribution in [2.75, 3.05) is 11.9 Å². The zero-order valence-corrected chi connectivity index (χ0v) is 23.2. The number of carbonyl (C=O) groups excluding carboxylic acids is 2. The number of rotatable bonds is 7. The van der Waals surface area contributed by atoms with E-state index in [4.69, 9.17) is 5.73 Å². The zero-order valence-electron chi connectivity index (χ0n) is 23.2. The van der Waals surface area contributed by atoms with E-state index in [0.29, 0.717) is 36.5 Å². The standard InChI is InChI=1S/C33H40N4O2/c1-33(2,34)26-15-13-25(14-16-26)29-22-35-30(21-28(29)24-8-4-3-5-9-24)36-31(38)20-23-11-17-27(18-12-23)37-19-7-6-10-32(37)39/h3-5,8-9,13-16,21-23,27H,6-7,10-12,17-20,34H2,1-2H3,(H,35,36,38). The fourth-order valence-corrected chi connectivity index (χ4v) is 6.02. The van der Waals surface area contributed by atoms with Gasteiger partial charge in [0.15, 0.2) is 0 Å². The Bertz CT molecular complexity index is 1290. The van der Waals surface area contributed by atoms with Crippen LogP contribution in [0.15, 0.2) is 66.9 Å². The molecule has 1 saturated carbocycles. The molecule has 1 saturated heterocycles. The molecule has 0 bridgehead atoms. The SMILES string of the molecule is CC(C)(N)c1ccc(-c2cnc(NC(=O)CC3CCC(N4CCCCC4=O)CC3)cc2-c2ccccc2)cc1. The van der Waals surface area contributed by atoms with Crippen molar-refractivity contribution in [2.24, 2.45) is 11.7 Å². The predicted molar refractivity (Wildman–Crippen MR) is 157 cm³/mol. The van der Waals surface area contributed by atoms with Crippen LogP contribution in [-0.4, -0.2) is 34.3 Å². The second-order valence-corrected chi connectivity index (χ2v) is 11.8. The Kier molecular flexibility index (Phi) is 8.12. The molecule has 0 radical (unpaired) electrons. The molecule has 1 aliphatic carbocycles. The number of aromatic nitrogens is 1. The van der Waals surface area contributed by atoms with Gasteiger partial charge in [0.05, 0.1) is 0 Å². The van der Waals surface area contributed by atoms with Gasteiger partial charge < -0.3 is 16.0 Å². The lowest BCUT2D eigenvalue weighted by Gasteiger charge is -2.38. The summed E-state index contributed by atoms with van der Waals surface area (Å²) in [5.41, 5.74) is 11.1. The molecule has 3 N–H and O–H groups in total. The summed E-state index contributed by atoms with van der Waals surface area (Å²) >= 11 is 0. The zero-order chi connectivity index (χ0) is 27.4. The van der Waals surface area contributed by atoms with Gasteiger partial charge in [0, 0.05) is 42.7 Å². The van der Waals surface area contributed by atoms with Crippen LogP contribution in [0.3, 0.4) is 0 Å². The second-order valence-electron chi connectivity index (χ2n) is 11.8. The summed E-state index contributed by atoms with van der Waals surface area (Å²) in [6.07, 6.45) is 9.12. The molecule has 0 spiro atoms. The van der Waals surface area contributed by atoms with Crippen molar-refractivity contribution >= 4 is 17.6 Å². The van der Waals surface area contributed by atoms with Crippen molar-refractivity contribution in [2.45, 2.75) is 76.8 Å². The molecule has 3 aromatic rings. The van der Waals surface area contributed by atoms with Gasteiger partial charge in [0.1, 0.15) is 5.82 Å². The summed E-state index contributed by atoms with van der Waals surface area (Å²) in [7, 11) is 0. The lowest BCUT2D eigenvalue weighted by atomic mass is 9.82. The van der Waals surface area contributed by atoms with E-state index in [2.05, 4.69) is 51.6 Å². The number of carbonyl (C=O) groups is 2. The van der Waals surface area contributed by atoms with Gasteiger partial charge in [0.25, 0.3) is 0 Å². The molecule has 0 unspecified atom stereocenters. The van der Waals surface area contributed by atoms with E-state index < -0.39 is 5.54 Å². The monoisotopic (exact) mass is 524 g/mol. The lowest BCUT2D eigenvalue weighted by Crippen LogP contribution is -2.45. The van der Waals surface area contributed by atoms with Gasteiger partial charge in [-0.1, -0.05) is 54.6 Å². The molecule has 2 heterocycles. The maximum absolute atomic E-state index is 13.0. The quantitative estimate of drug-likeness (QED) is 0.369. The molecule has 0 atom stereocenters. The van der Waals surface area contributed by atoms with Crippen LogP contribution in [0.25, 0.3) is 22.3 Å². The maximum Gasteiger partial charge on any atom is 0.225 e. The lowest BCUT2D eigenvalue weighted by molar-refractivity contribution is -0.136. The normalized spacial score (nSPS) is 20.1. The first-order chi connectivity index (χ1) is 18.8. The molecule has 1 aliphatic heterocycles. The van der Waals surface area contributed by atoms with Gasteiger partial charge in [-0.2, -0.15) is 0 Å². The minimum atomic E-state index is -0.405. The van der Waals surface area contributed by atoms with Crippen LogP contribution in [0.2, 0.25) is 0 Å². The first-order valence-electron chi connectivity index (χ1n) is 14.3. The minimum absolute atomic E-state index is 0.00120. The van der Waals surface area contributed by atoms with E-state index in [1.807, 2.05) is 44.3 Å². The molecule has 6 heteroatoms. The number of benzene rings is 2. The second kappa shape index (κ2) is 11.7. The van der Waals surface area contributed by atoms with Crippen LogP contribution in [0.4, 0.5) is 5.82 Å². The summed E-state index contributed by atoms with van der Waals surface area (Å²) in [5.74, 6) is 1.22. The fraction of sp³-hybridized carbons (Fsp3) is 0.424. The maximum atomic E-state index is 13.0. The number of hydrogen-bond acceptors (Lipinski definition) is 4. The number of nitrogens with one attached hydrogen (secondary N) is 1. The summed E-state index contributed by atoms with van der Waals surface area (Å²) in [6.45, 7) is 4.89. The average Bonchev–Trinajstić information content (AvgIpc) is 2.94. The summed E-state index contributed by atoms with van der Waals surface area (Å²) in [6, 6.07) is 20.8. The van der Waals surface area contributed by atoms with Crippen molar-refractivity contribution in [3.63, 3.8) is 0 Å². The summed E-state index contributed by atoms with van der Waals surface area (Å²) in [5, 5.41) is 3.06. The fourth-order valence-electron chi connectivity index (χ4n) is 6.02. The molecule has 5 rings (SSSR count). The van der Waals surface area contributed by atoms with E-state index in [1.165, 1.54) is 0 Å². The Morgan fingerprint density at radius 3 is 2.33 bits per heavy atom. The van der Waals surface area contributed by atoms with Crippen molar-refractivity contribution in [3.8, 4) is 22.3 Å². The Morgan fingerprint density at radius 2 is 1.67 bits per heavy atom. The highest BCUT2D eigenvalue weighted by Gasteiger charge is 2.30. The molecule has 2 fully saturated rings. The largest absolute Gasteiger partial charge is 0.340 e. The van der Waals surface area contributed by atoms with Gasteiger partial charge >= 0.3 is 0 Å². The Morgan fingerprint density at radius 1 is 0.974 bits per heavy atom. The van der Waals surface area contributed by atoms with Crippen molar-refractivity contribution in [3.05, 3.63) is 72.4 Å². The van der Waals surface area contributed by atoms with Gasteiger partial charge in [-0.05, 0) is 86.6 Å². The summed E-state index contributed by atoms with van der Waals surface area (Å²) < 4.78 is 0. The Hall–Kier alpha value is -3.51. The molecular weight excluding hydrogens is 484 g/mol. The molecular formula is C33H40N4O2. The van der Waals surface area contributed by atoms with E-state index in [-0.39, 0.29) is 5.91 Å². The molecule has 2 aromatic carbocycles. The third-order valence-corrected chi connectivity index (χ3v) is 8.29. The molecule has 2 aliphatic rings. The molecule has 204 valence electrons. The molecule has 2 amide bonds. The number of hydrogen-bond donors (Lipinski definition) is 2. The number of anilines is 1. The van der Waals surface area contributed by atoms with E-state index in [9.17, 15) is 9.59 Å². The van der Waals surface area contributed by atoms with Crippen LogP contribution >= 0.6 is 0 Å². The number of nitrogens with zero attached hydrogens (tertiary/aromatic N) is 2. The van der Waals surface area contributed by atoms with Crippen molar-refractivity contribution < 1.29 is 9.59 Å². The van der Waals surface area contributed by atoms with E-state index >= 15 is 0 Å². The highest BCUT2D eigenvalue weighted by atomic mass is 16.2. The highest BCUT2D eigenvalue weighted by molar-refractivity contribution is 5.92. The topological polar surface area (TPSA) is 88.3 Å². The smallest absolute Gasteiger partial charge is 0.225 e.